The summed E-state index contributed by atoms with van der Waals surface area (Å²) in [5, 5.41) is 10.7. The van der Waals surface area contributed by atoms with Gasteiger partial charge in [0, 0.05) is 15.7 Å². The Hall–Kier alpha value is -2.72. The predicted octanol–water partition coefficient (Wildman–Crippen LogP) is 4.16. The van der Waals surface area contributed by atoms with E-state index in [0.717, 1.165) is 35.0 Å². The normalized spacial score (nSPS) is 10.5. The topological polar surface area (TPSA) is 94.3 Å². The molecule has 0 spiro atoms. The van der Waals surface area contributed by atoms with E-state index in [1.165, 1.54) is 12.1 Å². The molecule has 0 aliphatic rings. The Balaban J connectivity index is 1.59. The van der Waals surface area contributed by atoms with E-state index in [0.29, 0.717) is 5.89 Å². The first kappa shape index (κ1) is 20.0. The van der Waals surface area contributed by atoms with Crippen LogP contribution in [-0.4, -0.2) is 34.9 Å². The largest absolute Gasteiger partial charge is 0.465 e. The van der Waals surface area contributed by atoms with Gasteiger partial charge in [-0.05, 0) is 42.5 Å². The maximum absolute atomic E-state index is 13.6. The Bertz CT molecular complexity index is 1010. The van der Waals surface area contributed by atoms with Crippen molar-refractivity contribution < 1.29 is 23.1 Å². The molecule has 144 valence electrons. The molecule has 3 rings (SSSR count). The molecule has 0 saturated carbocycles. The van der Waals surface area contributed by atoms with Gasteiger partial charge in [-0.3, -0.25) is 4.79 Å². The third-order valence-electron chi connectivity index (χ3n) is 3.48. The van der Waals surface area contributed by atoms with Crippen LogP contribution >= 0.6 is 27.7 Å². The highest BCUT2D eigenvalue weighted by Gasteiger charge is 2.15. The fourth-order valence-corrected chi connectivity index (χ4v) is 3.00. The molecule has 2 aromatic carbocycles. The van der Waals surface area contributed by atoms with Gasteiger partial charge in [0.05, 0.1) is 18.4 Å². The Labute approximate surface area is 171 Å². The number of nitrogens with zero attached hydrogens (tertiary/aromatic N) is 2. The fraction of sp³-hybridized carbons (Fsp3) is 0.111. The summed E-state index contributed by atoms with van der Waals surface area (Å²) in [5.41, 5.74) is 0.770. The Morgan fingerprint density at radius 3 is 2.68 bits per heavy atom. The zero-order valence-corrected chi connectivity index (χ0v) is 16.8. The Morgan fingerprint density at radius 2 is 1.96 bits per heavy atom. The second-order valence-electron chi connectivity index (χ2n) is 5.40. The number of anilines is 1. The highest BCUT2D eigenvalue weighted by Crippen LogP contribution is 2.24. The molecule has 0 atom stereocenters. The van der Waals surface area contributed by atoms with Gasteiger partial charge in [-0.2, -0.15) is 0 Å². The van der Waals surface area contributed by atoms with E-state index < -0.39 is 11.8 Å². The number of aromatic nitrogens is 2. The number of methoxy groups -OCH3 is 1. The number of benzene rings is 2. The predicted molar refractivity (Wildman–Crippen MR) is 105 cm³/mol. The van der Waals surface area contributed by atoms with Crippen molar-refractivity contribution in [3.8, 4) is 11.5 Å². The first-order valence-electron chi connectivity index (χ1n) is 7.86. The lowest BCUT2D eigenvalue weighted by Crippen LogP contribution is -2.15. The smallest absolute Gasteiger partial charge is 0.340 e. The maximum atomic E-state index is 13.6. The van der Waals surface area contributed by atoms with Crippen molar-refractivity contribution in [2.45, 2.75) is 5.22 Å². The van der Waals surface area contributed by atoms with Gasteiger partial charge in [-0.1, -0.05) is 27.7 Å². The quantitative estimate of drug-likeness (QED) is 0.431. The van der Waals surface area contributed by atoms with Gasteiger partial charge < -0.3 is 14.5 Å². The van der Waals surface area contributed by atoms with Gasteiger partial charge >= 0.3 is 5.97 Å². The maximum Gasteiger partial charge on any atom is 0.340 e. The molecule has 28 heavy (non-hydrogen) atoms. The van der Waals surface area contributed by atoms with E-state index >= 15 is 0 Å². The average molecular weight is 466 g/mol. The third-order valence-corrected chi connectivity index (χ3v) is 4.83. The molecule has 0 fully saturated rings. The minimum absolute atomic E-state index is 0.00704. The van der Waals surface area contributed by atoms with Crippen LogP contribution < -0.4 is 5.32 Å². The van der Waals surface area contributed by atoms with Gasteiger partial charge in [0.2, 0.25) is 11.8 Å². The third kappa shape index (κ3) is 4.96. The monoisotopic (exact) mass is 465 g/mol. The molecule has 1 N–H and O–H groups in total. The van der Waals surface area contributed by atoms with Crippen LogP contribution in [0.2, 0.25) is 0 Å². The van der Waals surface area contributed by atoms with Crippen LogP contribution in [0.5, 0.6) is 0 Å². The molecule has 0 radical (unpaired) electrons. The summed E-state index contributed by atoms with van der Waals surface area (Å²) < 4.78 is 24.6. The number of nitrogens with one attached hydrogen (secondary N) is 1. The van der Waals surface area contributed by atoms with Crippen LogP contribution in [-0.2, 0) is 9.53 Å². The lowest BCUT2D eigenvalue weighted by atomic mass is 10.2. The molecule has 0 bridgehead atoms. The van der Waals surface area contributed by atoms with Crippen LogP contribution in [0.25, 0.3) is 11.5 Å². The summed E-state index contributed by atoms with van der Waals surface area (Å²) in [6.45, 7) is 0. The Morgan fingerprint density at radius 1 is 1.21 bits per heavy atom. The number of carbonyl (C=O) groups is 2. The summed E-state index contributed by atoms with van der Waals surface area (Å²) in [5.74, 6) is -1.60. The summed E-state index contributed by atoms with van der Waals surface area (Å²) in [4.78, 5) is 23.6. The van der Waals surface area contributed by atoms with Crippen molar-refractivity contribution in [2.75, 3.05) is 18.2 Å². The highest BCUT2D eigenvalue weighted by molar-refractivity contribution is 9.10. The van der Waals surface area contributed by atoms with Gasteiger partial charge in [0.15, 0.2) is 0 Å². The van der Waals surface area contributed by atoms with Crippen LogP contribution in [0.1, 0.15) is 10.4 Å². The van der Waals surface area contributed by atoms with Gasteiger partial charge in [0.25, 0.3) is 5.22 Å². The first-order valence-corrected chi connectivity index (χ1v) is 9.64. The van der Waals surface area contributed by atoms with Crippen LogP contribution in [0, 0.1) is 5.82 Å². The Kier molecular flexibility index (Phi) is 6.42. The van der Waals surface area contributed by atoms with Crippen molar-refractivity contribution in [3.05, 3.63) is 58.3 Å². The minimum atomic E-state index is -0.825. The molecule has 10 heteroatoms. The molecular weight excluding hydrogens is 453 g/mol. The molecule has 0 aliphatic carbocycles. The van der Waals surface area contributed by atoms with Crippen molar-refractivity contribution >= 4 is 45.3 Å². The molecule has 7 nitrogen and oxygen atoms in total. The van der Waals surface area contributed by atoms with Crippen molar-refractivity contribution in [1.82, 2.24) is 10.2 Å². The summed E-state index contributed by atoms with van der Waals surface area (Å²) in [6.07, 6.45) is 0. The zero-order valence-electron chi connectivity index (χ0n) is 14.4. The van der Waals surface area contributed by atoms with E-state index in [4.69, 9.17) is 4.42 Å². The molecule has 3 aromatic rings. The number of rotatable bonds is 6. The lowest BCUT2D eigenvalue weighted by Gasteiger charge is -2.07. The van der Waals surface area contributed by atoms with Crippen molar-refractivity contribution in [1.29, 1.82) is 0 Å². The van der Waals surface area contributed by atoms with E-state index in [2.05, 4.69) is 36.2 Å². The first-order chi connectivity index (χ1) is 13.5. The second-order valence-corrected chi connectivity index (χ2v) is 7.25. The molecule has 0 aliphatic heterocycles. The molecule has 0 saturated heterocycles. The number of carbonyl (C=O) groups excluding carboxylic acids is 2. The number of esters is 1. The van der Waals surface area contributed by atoms with Crippen LogP contribution in [0.3, 0.4) is 0 Å². The molecule has 0 unspecified atom stereocenters. The van der Waals surface area contributed by atoms with Gasteiger partial charge in [-0.25, -0.2) is 9.18 Å². The minimum Gasteiger partial charge on any atom is -0.465 e. The van der Waals surface area contributed by atoms with Gasteiger partial charge in [-0.15, -0.1) is 10.2 Å². The summed E-state index contributed by atoms with van der Waals surface area (Å²) in [6, 6.07) is 11.0. The SMILES string of the molecule is COC(=O)c1cc(NC(=O)CSc2nnc(-c3ccc(Br)cc3)o2)ccc1F. The molecule has 1 heterocycles. The number of hydrogen-bond acceptors (Lipinski definition) is 7. The number of amides is 1. The standard InChI is InChI=1S/C18H13BrFN3O4S/c1-26-17(25)13-8-12(6-7-14(13)20)21-15(24)9-28-18-23-22-16(27-18)10-2-4-11(19)5-3-10/h2-8H,9H2,1H3,(H,21,24). The van der Waals surface area contributed by atoms with Crippen LogP contribution in [0.4, 0.5) is 10.1 Å². The van der Waals surface area contributed by atoms with Gasteiger partial charge in [0.1, 0.15) is 5.82 Å². The zero-order chi connectivity index (χ0) is 20.1. The summed E-state index contributed by atoms with van der Waals surface area (Å²) >= 11 is 4.41. The number of hydrogen-bond donors (Lipinski definition) is 1. The number of ether oxygens (including phenoxy) is 1. The highest BCUT2D eigenvalue weighted by atomic mass is 79.9. The van der Waals surface area contributed by atoms with Crippen LogP contribution in [0.15, 0.2) is 56.6 Å². The lowest BCUT2D eigenvalue weighted by molar-refractivity contribution is -0.113. The summed E-state index contributed by atoms with van der Waals surface area (Å²) in [7, 11) is 1.15. The van der Waals surface area contributed by atoms with E-state index in [-0.39, 0.29) is 28.1 Å². The average Bonchev–Trinajstić information content (AvgIpc) is 3.17. The fourth-order valence-electron chi connectivity index (χ4n) is 2.17. The second kappa shape index (κ2) is 8.98. The van der Waals surface area contributed by atoms with E-state index in [1.54, 1.807) is 0 Å². The van der Waals surface area contributed by atoms with E-state index in [1.807, 2.05) is 24.3 Å². The van der Waals surface area contributed by atoms with Crippen molar-refractivity contribution in [2.24, 2.45) is 0 Å². The molecule has 1 amide bonds. The van der Waals surface area contributed by atoms with Crippen molar-refractivity contribution in [3.63, 3.8) is 0 Å². The number of thioether (sulfide) groups is 1. The molecular formula is C18H13BrFN3O4S. The molecule has 1 aromatic heterocycles. The number of halogens is 2. The van der Waals surface area contributed by atoms with E-state index in [9.17, 15) is 14.0 Å².